The highest BCUT2D eigenvalue weighted by Gasteiger charge is 2.25. The molecule has 0 aliphatic carbocycles. The first-order valence-corrected chi connectivity index (χ1v) is 9.58. The maximum absolute atomic E-state index is 12.5. The molecule has 0 radical (unpaired) electrons. The van der Waals surface area contributed by atoms with Crippen LogP contribution in [0.4, 0.5) is 0 Å². The highest BCUT2D eigenvalue weighted by Crippen LogP contribution is 2.34. The molecule has 0 saturated carbocycles. The molecule has 1 heterocycles. The minimum Gasteiger partial charge on any atom is -0.486 e. The van der Waals surface area contributed by atoms with Crippen molar-refractivity contribution in [3.05, 3.63) is 58.7 Å². The topological polar surface area (TPSA) is 64.6 Å². The number of fused-ring (bicyclic) bond motifs is 1. The van der Waals surface area contributed by atoms with Gasteiger partial charge >= 0.3 is 0 Å². The first kappa shape index (κ1) is 19.9. The van der Waals surface area contributed by atoms with Crippen LogP contribution in [0.3, 0.4) is 0 Å². The van der Waals surface area contributed by atoms with Gasteiger partial charge in [0.2, 0.25) is 5.91 Å². The van der Waals surface area contributed by atoms with E-state index in [-0.39, 0.29) is 24.5 Å². The Morgan fingerprint density at radius 1 is 0.929 bits per heavy atom. The van der Waals surface area contributed by atoms with E-state index in [9.17, 15) is 9.59 Å². The van der Waals surface area contributed by atoms with E-state index in [1.807, 2.05) is 64.1 Å². The van der Waals surface area contributed by atoms with Crippen molar-refractivity contribution in [1.82, 2.24) is 5.32 Å². The Hall–Kier alpha value is -2.82. The number of ether oxygens (including phenoxy) is 2. The number of rotatable bonds is 6. The van der Waals surface area contributed by atoms with Crippen molar-refractivity contribution in [2.24, 2.45) is 0 Å². The molecule has 0 bridgehead atoms. The number of aryl methyl sites for hydroxylation is 2. The molecular weight excluding hydrogens is 354 g/mol. The zero-order valence-corrected chi connectivity index (χ0v) is 16.9. The van der Waals surface area contributed by atoms with Crippen LogP contribution in [0, 0.1) is 13.8 Å². The SMILES string of the molecule is Cc1ccc(C(=O)CCC(=O)NC(C)(C)c2ccc3c(c2)OCCO3)cc1C. The van der Waals surface area contributed by atoms with Crippen molar-refractivity contribution in [3.63, 3.8) is 0 Å². The number of ketones is 1. The standard InChI is InChI=1S/C23H27NO4/c1-15-5-6-17(13-16(15)2)19(25)8-10-22(26)24-23(3,4)18-7-9-20-21(14-18)28-12-11-27-20/h5-7,9,13-14H,8,10-12H2,1-4H3,(H,24,26). The Morgan fingerprint density at radius 3 is 2.36 bits per heavy atom. The number of Topliss-reactive ketones (excluding diaryl/α,β-unsaturated/α-hetero) is 1. The summed E-state index contributed by atoms with van der Waals surface area (Å²) in [7, 11) is 0. The number of hydrogen-bond donors (Lipinski definition) is 1. The third-order valence-corrected chi connectivity index (χ3v) is 5.12. The van der Waals surface area contributed by atoms with Gasteiger partial charge in [0.05, 0.1) is 5.54 Å². The Labute approximate surface area is 166 Å². The summed E-state index contributed by atoms with van der Waals surface area (Å²) in [6.07, 6.45) is 0.339. The van der Waals surface area contributed by atoms with Crippen LogP contribution >= 0.6 is 0 Å². The van der Waals surface area contributed by atoms with Crippen LogP contribution in [0.2, 0.25) is 0 Å². The van der Waals surface area contributed by atoms with E-state index in [1.54, 1.807) is 0 Å². The molecule has 28 heavy (non-hydrogen) atoms. The second-order valence-electron chi connectivity index (χ2n) is 7.75. The molecule has 1 aliphatic rings. The first-order chi connectivity index (χ1) is 13.3. The van der Waals surface area contributed by atoms with Crippen LogP contribution < -0.4 is 14.8 Å². The molecule has 1 amide bonds. The van der Waals surface area contributed by atoms with E-state index in [4.69, 9.17) is 9.47 Å². The molecule has 0 saturated heterocycles. The van der Waals surface area contributed by atoms with E-state index in [1.165, 1.54) is 0 Å². The average Bonchev–Trinajstić information content (AvgIpc) is 2.67. The minimum absolute atomic E-state index is 0.0182. The highest BCUT2D eigenvalue weighted by molar-refractivity contribution is 5.98. The summed E-state index contributed by atoms with van der Waals surface area (Å²) >= 11 is 0. The van der Waals surface area contributed by atoms with Crippen LogP contribution in [-0.2, 0) is 10.3 Å². The van der Waals surface area contributed by atoms with Crippen molar-refractivity contribution in [3.8, 4) is 11.5 Å². The summed E-state index contributed by atoms with van der Waals surface area (Å²) in [5.41, 5.74) is 3.22. The molecule has 0 spiro atoms. The van der Waals surface area contributed by atoms with Gasteiger partial charge in [-0.2, -0.15) is 0 Å². The summed E-state index contributed by atoms with van der Waals surface area (Å²) in [6.45, 7) is 8.92. The van der Waals surface area contributed by atoms with Gasteiger partial charge in [0.1, 0.15) is 13.2 Å². The lowest BCUT2D eigenvalue weighted by Crippen LogP contribution is -2.41. The number of carbonyl (C=O) groups excluding carboxylic acids is 2. The molecule has 1 aliphatic heterocycles. The highest BCUT2D eigenvalue weighted by atomic mass is 16.6. The summed E-state index contributed by atoms with van der Waals surface area (Å²) < 4.78 is 11.2. The van der Waals surface area contributed by atoms with Gasteiger partial charge in [-0.15, -0.1) is 0 Å². The predicted molar refractivity (Wildman–Crippen MR) is 108 cm³/mol. The van der Waals surface area contributed by atoms with E-state index in [2.05, 4.69) is 5.32 Å². The number of carbonyl (C=O) groups is 2. The van der Waals surface area contributed by atoms with Crippen LogP contribution in [-0.4, -0.2) is 24.9 Å². The van der Waals surface area contributed by atoms with Crippen LogP contribution in [0.5, 0.6) is 11.5 Å². The van der Waals surface area contributed by atoms with Gasteiger partial charge < -0.3 is 14.8 Å². The van der Waals surface area contributed by atoms with Crippen LogP contribution in [0.15, 0.2) is 36.4 Å². The number of hydrogen-bond acceptors (Lipinski definition) is 4. The molecule has 2 aromatic carbocycles. The number of benzene rings is 2. The molecular formula is C23H27NO4. The Balaban J connectivity index is 1.60. The molecule has 148 valence electrons. The van der Waals surface area contributed by atoms with Gasteiger partial charge in [0.15, 0.2) is 17.3 Å². The molecule has 0 unspecified atom stereocenters. The summed E-state index contributed by atoms with van der Waals surface area (Å²) in [5.74, 6) is 1.24. The second kappa shape index (κ2) is 8.05. The summed E-state index contributed by atoms with van der Waals surface area (Å²) in [4.78, 5) is 24.9. The molecule has 1 N–H and O–H groups in total. The fraction of sp³-hybridized carbons (Fsp3) is 0.391. The molecule has 3 rings (SSSR count). The van der Waals surface area contributed by atoms with E-state index in [0.29, 0.717) is 24.5 Å². The van der Waals surface area contributed by atoms with Gasteiger partial charge in [0, 0.05) is 18.4 Å². The largest absolute Gasteiger partial charge is 0.486 e. The van der Waals surface area contributed by atoms with E-state index < -0.39 is 5.54 Å². The van der Waals surface area contributed by atoms with Crippen LogP contribution in [0.1, 0.15) is 53.7 Å². The lowest BCUT2D eigenvalue weighted by atomic mass is 9.93. The van der Waals surface area contributed by atoms with Gasteiger partial charge in [-0.05, 0) is 62.6 Å². The van der Waals surface area contributed by atoms with Crippen molar-refractivity contribution in [2.75, 3.05) is 13.2 Å². The second-order valence-corrected chi connectivity index (χ2v) is 7.75. The first-order valence-electron chi connectivity index (χ1n) is 9.58. The predicted octanol–water partition coefficient (Wildman–Crippen LogP) is 4.09. The van der Waals surface area contributed by atoms with Crippen LogP contribution in [0.25, 0.3) is 0 Å². The average molecular weight is 381 g/mol. The Bertz CT molecular complexity index is 901. The maximum Gasteiger partial charge on any atom is 0.221 e. The minimum atomic E-state index is -0.587. The Morgan fingerprint density at radius 2 is 1.64 bits per heavy atom. The van der Waals surface area contributed by atoms with Gasteiger partial charge in [-0.25, -0.2) is 0 Å². The lowest BCUT2D eigenvalue weighted by Gasteiger charge is -2.28. The van der Waals surface area contributed by atoms with Gasteiger partial charge in [-0.3, -0.25) is 9.59 Å². The molecule has 2 aromatic rings. The monoisotopic (exact) mass is 381 g/mol. The quantitative estimate of drug-likeness (QED) is 0.766. The van der Waals surface area contributed by atoms with E-state index in [0.717, 1.165) is 22.4 Å². The third kappa shape index (κ3) is 4.53. The molecule has 0 aromatic heterocycles. The third-order valence-electron chi connectivity index (χ3n) is 5.12. The summed E-state index contributed by atoms with van der Waals surface area (Å²) in [6, 6.07) is 11.3. The van der Waals surface area contributed by atoms with Crippen molar-refractivity contribution in [2.45, 2.75) is 46.1 Å². The maximum atomic E-state index is 12.5. The van der Waals surface area contributed by atoms with Crippen molar-refractivity contribution >= 4 is 11.7 Å². The van der Waals surface area contributed by atoms with Crippen molar-refractivity contribution < 1.29 is 19.1 Å². The molecule has 5 heteroatoms. The van der Waals surface area contributed by atoms with E-state index >= 15 is 0 Å². The summed E-state index contributed by atoms with van der Waals surface area (Å²) in [5, 5.41) is 3.02. The van der Waals surface area contributed by atoms with Gasteiger partial charge in [0.25, 0.3) is 0 Å². The molecule has 0 atom stereocenters. The fourth-order valence-corrected chi connectivity index (χ4v) is 3.20. The smallest absolute Gasteiger partial charge is 0.221 e. The Kier molecular flexibility index (Phi) is 5.73. The zero-order chi connectivity index (χ0) is 20.3. The number of nitrogens with one attached hydrogen (secondary N) is 1. The molecule has 0 fully saturated rings. The normalized spacial score (nSPS) is 13.1. The zero-order valence-electron chi connectivity index (χ0n) is 16.9. The lowest BCUT2D eigenvalue weighted by molar-refractivity contribution is -0.122. The van der Waals surface area contributed by atoms with Gasteiger partial charge in [-0.1, -0.05) is 18.2 Å². The molecule has 5 nitrogen and oxygen atoms in total. The van der Waals surface area contributed by atoms with Crippen molar-refractivity contribution in [1.29, 1.82) is 0 Å². The fourth-order valence-electron chi connectivity index (χ4n) is 3.20. The number of amides is 1.